The lowest BCUT2D eigenvalue weighted by atomic mass is 10.0. The molecule has 2 aliphatic rings. The number of piperazine rings is 1. The number of hydrogen-bond acceptors (Lipinski definition) is 8. The number of carbonyl (C=O) groups is 1. The van der Waals surface area contributed by atoms with Gasteiger partial charge in [-0.2, -0.15) is 5.10 Å². The zero-order chi connectivity index (χ0) is 29.4. The van der Waals surface area contributed by atoms with Crippen molar-refractivity contribution < 1.29 is 22.7 Å². The summed E-state index contributed by atoms with van der Waals surface area (Å²) in [7, 11) is -0.000782. The van der Waals surface area contributed by atoms with E-state index in [9.17, 15) is 13.2 Å². The number of amides is 1. The van der Waals surface area contributed by atoms with Gasteiger partial charge in [0, 0.05) is 38.3 Å². The van der Waals surface area contributed by atoms with E-state index in [1.54, 1.807) is 25.0 Å². The van der Waals surface area contributed by atoms with Crippen molar-refractivity contribution in [1.82, 2.24) is 24.6 Å². The van der Waals surface area contributed by atoms with Crippen molar-refractivity contribution in [3.05, 3.63) is 71.4 Å². The van der Waals surface area contributed by atoms with Gasteiger partial charge in [0.2, 0.25) is 0 Å². The number of carbonyl (C=O) groups excluding carboxylic acids is 1. The van der Waals surface area contributed by atoms with Gasteiger partial charge in [0.25, 0.3) is 5.91 Å². The smallest absolute Gasteiger partial charge is 0.254 e. The van der Waals surface area contributed by atoms with E-state index in [-0.39, 0.29) is 23.5 Å². The Labute approximate surface area is 245 Å². The van der Waals surface area contributed by atoms with Crippen LogP contribution in [-0.2, 0) is 16.4 Å². The first-order chi connectivity index (χ1) is 20.3. The summed E-state index contributed by atoms with van der Waals surface area (Å²) in [4.78, 5) is 23.4. The number of benzene rings is 2. The van der Waals surface area contributed by atoms with Crippen molar-refractivity contribution in [2.75, 3.05) is 51.9 Å². The molecule has 0 aliphatic carbocycles. The number of pyridine rings is 1. The molecule has 0 radical (unpaired) electrons. The van der Waals surface area contributed by atoms with E-state index < -0.39 is 9.84 Å². The SMILES string of the molecule is COc1ccc(-c2cc(C(=O)N3CCN(Cc4ccccc4)CC3)c3c(C)nn(C4CCS(=O)(=O)C4)c3n2)cc1OC. The van der Waals surface area contributed by atoms with E-state index in [0.29, 0.717) is 59.0 Å². The van der Waals surface area contributed by atoms with Gasteiger partial charge in [0.1, 0.15) is 0 Å². The molecule has 1 unspecified atom stereocenters. The van der Waals surface area contributed by atoms with Crippen LogP contribution in [0.5, 0.6) is 11.5 Å². The van der Waals surface area contributed by atoms with Crippen LogP contribution in [-0.4, -0.2) is 90.8 Å². The third kappa shape index (κ3) is 5.46. The van der Waals surface area contributed by atoms with E-state index >= 15 is 0 Å². The van der Waals surface area contributed by atoms with Gasteiger partial charge in [-0.1, -0.05) is 30.3 Å². The molecule has 2 fully saturated rings. The molecular weight excluding hydrogens is 554 g/mol. The fourth-order valence-electron chi connectivity index (χ4n) is 5.97. The van der Waals surface area contributed by atoms with Gasteiger partial charge in [-0.15, -0.1) is 0 Å². The molecule has 42 heavy (non-hydrogen) atoms. The van der Waals surface area contributed by atoms with Crippen LogP contribution in [0.1, 0.15) is 34.1 Å². The molecule has 2 saturated heterocycles. The van der Waals surface area contributed by atoms with Crippen molar-refractivity contribution in [2.24, 2.45) is 0 Å². The zero-order valence-electron chi connectivity index (χ0n) is 24.1. The van der Waals surface area contributed by atoms with Gasteiger partial charge >= 0.3 is 0 Å². The Hall–Kier alpha value is -3.96. The molecule has 0 N–H and O–H groups in total. The van der Waals surface area contributed by atoms with Gasteiger partial charge in [-0.05, 0) is 43.2 Å². The quantitative estimate of drug-likeness (QED) is 0.321. The summed E-state index contributed by atoms with van der Waals surface area (Å²) < 4.78 is 37.4. The summed E-state index contributed by atoms with van der Waals surface area (Å²) in [6.07, 6.45) is 0.466. The van der Waals surface area contributed by atoms with Crippen LogP contribution in [0.25, 0.3) is 22.3 Å². The van der Waals surface area contributed by atoms with E-state index in [4.69, 9.17) is 19.6 Å². The molecule has 4 heterocycles. The Morgan fingerprint density at radius 3 is 2.38 bits per heavy atom. The first-order valence-electron chi connectivity index (χ1n) is 14.1. The minimum absolute atomic E-state index is 0.0120. The molecule has 1 atom stereocenters. The van der Waals surface area contributed by atoms with Crippen molar-refractivity contribution >= 4 is 26.8 Å². The molecule has 6 rings (SSSR count). The third-order valence-corrected chi connectivity index (χ3v) is 9.96. The maximum absolute atomic E-state index is 14.2. The summed E-state index contributed by atoms with van der Waals surface area (Å²) in [6, 6.07) is 17.4. The summed E-state index contributed by atoms with van der Waals surface area (Å²) >= 11 is 0. The third-order valence-electron chi connectivity index (χ3n) is 8.21. The van der Waals surface area contributed by atoms with E-state index in [1.165, 1.54) is 5.56 Å². The lowest BCUT2D eigenvalue weighted by molar-refractivity contribution is 0.0630. The number of aromatic nitrogens is 3. The highest BCUT2D eigenvalue weighted by Crippen LogP contribution is 2.36. The monoisotopic (exact) mass is 589 g/mol. The molecule has 10 nitrogen and oxygen atoms in total. The number of sulfone groups is 1. The molecule has 11 heteroatoms. The molecule has 2 aromatic heterocycles. The summed E-state index contributed by atoms with van der Waals surface area (Å²) in [5.41, 5.74) is 4.28. The lowest BCUT2D eigenvalue weighted by Crippen LogP contribution is -2.48. The number of ether oxygens (including phenoxy) is 2. The van der Waals surface area contributed by atoms with E-state index in [0.717, 1.165) is 25.2 Å². The van der Waals surface area contributed by atoms with Crippen LogP contribution in [0, 0.1) is 6.92 Å². The maximum atomic E-state index is 14.2. The van der Waals surface area contributed by atoms with E-state index in [2.05, 4.69) is 17.0 Å². The van der Waals surface area contributed by atoms with Crippen molar-refractivity contribution in [1.29, 1.82) is 0 Å². The van der Waals surface area contributed by atoms with Crippen molar-refractivity contribution in [3.8, 4) is 22.8 Å². The van der Waals surface area contributed by atoms with Crippen LogP contribution in [0.15, 0.2) is 54.6 Å². The Morgan fingerprint density at radius 2 is 1.71 bits per heavy atom. The first kappa shape index (κ1) is 28.2. The number of methoxy groups -OCH3 is 2. The van der Waals surface area contributed by atoms with Crippen LogP contribution in [0.2, 0.25) is 0 Å². The standard InChI is InChI=1S/C31H35N5O5S/c1-21-29-25(31(37)35-14-12-34(13-15-35)19-22-7-5-4-6-8-22)18-26(23-9-10-27(40-2)28(17-23)41-3)32-30(29)36(33-21)24-11-16-42(38,39)20-24/h4-10,17-18,24H,11-16,19-20H2,1-3H3. The Morgan fingerprint density at radius 1 is 0.976 bits per heavy atom. The highest BCUT2D eigenvalue weighted by atomic mass is 32.2. The number of aryl methyl sites for hydroxylation is 1. The Bertz CT molecular complexity index is 1730. The van der Waals surface area contributed by atoms with Crippen molar-refractivity contribution in [3.63, 3.8) is 0 Å². The molecule has 0 saturated carbocycles. The number of nitrogens with zero attached hydrogens (tertiary/aromatic N) is 5. The maximum Gasteiger partial charge on any atom is 0.254 e. The molecule has 2 aromatic carbocycles. The normalized spacial score (nSPS) is 18.8. The van der Waals surface area contributed by atoms with Gasteiger partial charge in [-0.3, -0.25) is 9.69 Å². The minimum atomic E-state index is -3.15. The molecule has 0 bridgehead atoms. The summed E-state index contributed by atoms with van der Waals surface area (Å²) in [5, 5.41) is 5.41. The van der Waals surface area contributed by atoms with Crippen molar-refractivity contribution in [2.45, 2.75) is 25.9 Å². The molecule has 4 aromatic rings. The van der Waals surface area contributed by atoms with Crippen LogP contribution < -0.4 is 9.47 Å². The fraction of sp³-hybridized carbons (Fsp3) is 0.387. The van der Waals surface area contributed by atoms with Crippen LogP contribution in [0.4, 0.5) is 0 Å². The Kier molecular flexibility index (Phi) is 7.63. The second kappa shape index (κ2) is 11.4. The summed E-state index contributed by atoms with van der Waals surface area (Å²) in [6.45, 7) is 5.46. The molecule has 1 amide bonds. The highest BCUT2D eigenvalue weighted by molar-refractivity contribution is 7.91. The molecule has 0 spiro atoms. The van der Waals surface area contributed by atoms with E-state index in [1.807, 2.05) is 48.2 Å². The van der Waals surface area contributed by atoms with Gasteiger partial charge in [-0.25, -0.2) is 18.1 Å². The second-order valence-electron chi connectivity index (χ2n) is 11.0. The van der Waals surface area contributed by atoms with Crippen LogP contribution in [0.3, 0.4) is 0 Å². The number of fused-ring (bicyclic) bond motifs is 1. The Balaban J connectivity index is 1.38. The highest BCUT2D eigenvalue weighted by Gasteiger charge is 2.33. The van der Waals surface area contributed by atoms with Gasteiger partial charge < -0.3 is 14.4 Å². The number of rotatable bonds is 7. The molecular formula is C31H35N5O5S. The topological polar surface area (TPSA) is 107 Å². The van der Waals surface area contributed by atoms with Gasteiger partial charge in [0.05, 0.1) is 54.1 Å². The average Bonchev–Trinajstić information content (AvgIpc) is 3.55. The molecule has 220 valence electrons. The average molecular weight is 590 g/mol. The van der Waals surface area contributed by atoms with Crippen LogP contribution >= 0.6 is 0 Å². The van der Waals surface area contributed by atoms with Gasteiger partial charge in [0.15, 0.2) is 27.0 Å². The second-order valence-corrected chi connectivity index (χ2v) is 13.2. The predicted molar refractivity (Wildman–Crippen MR) is 161 cm³/mol. The summed E-state index contributed by atoms with van der Waals surface area (Å²) in [5.74, 6) is 1.19. The molecule has 2 aliphatic heterocycles. The lowest BCUT2D eigenvalue weighted by Gasteiger charge is -2.35. The largest absolute Gasteiger partial charge is 0.493 e. The predicted octanol–water partition coefficient (Wildman–Crippen LogP) is 3.74. The fourth-order valence-corrected chi connectivity index (χ4v) is 7.66. The zero-order valence-corrected chi connectivity index (χ0v) is 24.9. The number of hydrogen-bond donors (Lipinski definition) is 0. The first-order valence-corrected chi connectivity index (χ1v) is 16.0. The minimum Gasteiger partial charge on any atom is -0.493 e.